The smallest absolute Gasteiger partial charge is 0.241 e. The van der Waals surface area contributed by atoms with Crippen LogP contribution >= 0.6 is 0 Å². The fourth-order valence-corrected chi connectivity index (χ4v) is 5.78. The Kier molecular flexibility index (Phi) is 7.76. The lowest BCUT2D eigenvalue weighted by Gasteiger charge is -2.33. The Morgan fingerprint density at radius 2 is 1.86 bits per heavy atom. The summed E-state index contributed by atoms with van der Waals surface area (Å²) in [4.78, 5) is 15.1. The van der Waals surface area contributed by atoms with Gasteiger partial charge in [-0.05, 0) is 65.8 Å². The van der Waals surface area contributed by atoms with Crippen LogP contribution in [0.15, 0.2) is 71.6 Å². The summed E-state index contributed by atoms with van der Waals surface area (Å²) in [6, 6.07) is 18.4. The second-order valence-electron chi connectivity index (χ2n) is 9.22. The molecule has 0 aromatic heterocycles. The fraction of sp³-hybridized carbons (Fsp3) is 0.308. The molecule has 3 aromatic carbocycles. The quantitative estimate of drug-likeness (QED) is 0.178. The number of amides is 1. The van der Waals surface area contributed by atoms with Gasteiger partial charge in [-0.2, -0.15) is 4.72 Å². The molecular formula is C26H32N6O3S. The van der Waals surface area contributed by atoms with E-state index in [0.29, 0.717) is 18.8 Å². The number of hydrogen-bond acceptors (Lipinski definition) is 5. The van der Waals surface area contributed by atoms with Crippen molar-refractivity contribution in [2.24, 2.45) is 11.7 Å². The van der Waals surface area contributed by atoms with E-state index in [1.165, 1.54) is 0 Å². The van der Waals surface area contributed by atoms with Gasteiger partial charge in [-0.1, -0.05) is 42.5 Å². The first kappa shape index (κ1) is 25.5. The monoisotopic (exact) mass is 508 g/mol. The van der Waals surface area contributed by atoms with Gasteiger partial charge < -0.3 is 21.7 Å². The predicted octanol–water partition coefficient (Wildman–Crippen LogP) is 2.03. The number of nitrogens with two attached hydrogens (primary N) is 2. The van der Waals surface area contributed by atoms with Gasteiger partial charge in [0.05, 0.1) is 4.90 Å². The maximum absolute atomic E-state index is 13.3. The van der Waals surface area contributed by atoms with Crippen LogP contribution in [0.2, 0.25) is 0 Å². The molecule has 4 rings (SSSR count). The maximum Gasteiger partial charge on any atom is 0.241 e. The van der Waals surface area contributed by atoms with Crippen LogP contribution in [0.5, 0.6) is 0 Å². The molecule has 9 nitrogen and oxygen atoms in total. The van der Waals surface area contributed by atoms with Crippen molar-refractivity contribution in [3.63, 3.8) is 0 Å². The summed E-state index contributed by atoms with van der Waals surface area (Å²) in [7, 11) is -3.98. The minimum absolute atomic E-state index is 0.0220. The van der Waals surface area contributed by atoms with E-state index in [9.17, 15) is 13.2 Å². The summed E-state index contributed by atoms with van der Waals surface area (Å²) in [5.41, 5.74) is 12.8. The van der Waals surface area contributed by atoms with Crippen molar-refractivity contribution in [2.45, 2.75) is 30.2 Å². The highest BCUT2D eigenvalue weighted by Crippen LogP contribution is 2.20. The molecule has 0 radical (unpaired) electrons. The third kappa shape index (κ3) is 6.32. The molecule has 1 aliphatic rings. The zero-order chi connectivity index (χ0) is 25.7. The first-order valence-electron chi connectivity index (χ1n) is 11.9. The first-order chi connectivity index (χ1) is 17.2. The summed E-state index contributed by atoms with van der Waals surface area (Å²) in [6.45, 7) is 1.68. The van der Waals surface area contributed by atoms with Crippen LogP contribution in [0.3, 0.4) is 0 Å². The molecule has 1 unspecified atom stereocenters. The van der Waals surface area contributed by atoms with Crippen molar-refractivity contribution < 1.29 is 13.2 Å². The summed E-state index contributed by atoms with van der Waals surface area (Å²) in [5.74, 6) is -0.271. The van der Waals surface area contributed by atoms with Gasteiger partial charge in [-0.15, -0.1) is 0 Å². The van der Waals surface area contributed by atoms with Gasteiger partial charge in [0.1, 0.15) is 6.04 Å². The van der Waals surface area contributed by atoms with Crippen LogP contribution in [-0.4, -0.2) is 50.9 Å². The number of carbonyl (C=O) groups is 1. The standard InChI is InChI=1S/C26H32N6O3S/c27-22-9-3-5-18(13-22)14-24(25(33)30-16-19-6-4-12-32(17-19)26(28)29)31-36(34,35)23-11-10-20-7-1-2-8-21(20)15-23/h1-3,5,7-11,13,15,19,24,31H,4,6,12,14,16-17,27H2,(H3,28,29)(H,30,33)/t19-,24?/m0/s1. The molecule has 1 amide bonds. The molecule has 1 aliphatic heterocycles. The second-order valence-corrected chi connectivity index (χ2v) is 10.9. The molecule has 0 bridgehead atoms. The molecule has 1 heterocycles. The molecule has 0 saturated carbocycles. The first-order valence-corrected chi connectivity index (χ1v) is 13.4. The van der Waals surface area contributed by atoms with E-state index in [0.717, 1.165) is 35.7 Å². The highest BCUT2D eigenvalue weighted by molar-refractivity contribution is 7.89. The molecule has 10 heteroatoms. The molecule has 1 saturated heterocycles. The topological polar surface area (TPSA) is 154 Å². The Morgan fingerprint density at radius 1 is 1.08 bits per heavy atom. The third-order valence-electron chi connectivity index (χ3n) is 6.46. The van der Waals surface area contributed by atoms with E-state index in [-0.39, 0.29) is 23.2 Å². The Labute approximate surface area is 211 Å². The van der Waals surface area contributed by atoms with Gasteiger partial charge in [0.15, 0.2) is 5.96 Å². The van der Waals surface area contributed by atoms with Gasteiger partial charge in [-0.3, -0.25) is 10.2 Å². The normalized spacial score (nSPS) is 17.0. The van der Waals surface area contributed by atoms with E-state index in [1.807, 2.05) is 30.3 Å². The minimum Gasteiger partial charge on any atom is -0.399 e. The van der Waals surface area contributed by atoms with Crippen LogP contribution in [0.4, 0.5) is 5.69 Å². The number of benzene rings is 3. The van der Waals surface area contributed by atoms with Gasteiger partial charge in [-0.25, -0.2) is 8.42 Å². The number of hydrogen-bond donors (Lipinski definition) is 5. The molecule has 36 heavy (non-hydrogen) atoms. The summed E-state index contributed by atoms with van der Waals surface area (Å²) in [6.07, 6.45) is 1.92. The maximum atomic E-state index is 13.3. The Balaban J connectivity index is 1.52. The molecule has 0 spiro atoms. The van der Waals surface area contributed by atoms with Crippen LogP contribution in [0, 0.1) is 11.3 Å². The van der Waals surface area contributed by atoms with Crippen molar-refractivity contribution in [1.82, 2.24) is 14.9 Å². The molecule has 190 valence electrons. The van der Waals surface area contributed by atoms with Crippen molar-refractivity contribution in [2.75, 3.05) is 25.4 Å². The average molecular weight is 509 g/mol. The number of rotatable bonds is 8. The van der Waals surface area contributed by atoms with Gasteiger partial charge in [0.25, 0.3) is 0 Å². The average Bonchev–Trinajstić information content (AvgIpc) is 2.86. The molecule has 1 fully saturated rings. The zero-order valence-electron chi connectivity index (χ0n) is 20.0. The second kappa shape index (κ2) is 11.0. The van der Waals surface area contributed by atoms with Gasteiger partial charge in [0, 0.05) is 25.3 Å². The molecule has 2 atom stereocenters. The number of anilines is 1. The van der Waals surface area contributed by atoms with E-state index < -0.39 is 22.0 Å². The zero-order valence-corrected chi connectivity index (χ0v) is 20.8. The minimum atomic E-state index is -3.98. The van der Waals surface area contributed by atoms with Crippen molar-refractivity contribution in [1.29, 1.82) is 5.41 Å². The molecule has 3 aromatic rings. The van der Waals surface area contributed by atoms with Crippen molar-refractivity contribution >= 4 is 38.3 Å². The lowest BCUT2D eigenvalue weighted by Crippen LogP contribution is -2.51. The van der Waals surface area contributed by atoms with Gasteiger partial charge in [0.2, 0.25) is 15.9 Å². The van der Waals surface area contributed by atoms with Gasteiger partial charge >= 0.3 is 0 Å². The highest BCUT2D eigenvalue weighted by Gasteiger charge is 2.28. The van der Waals surface area contributed by atoms with E-state index >= 15 is 0 Å². The number of guanidine groups is 1. The Morgan fingerprint density at radius 3 is 2.61 bits per heavy atom. The number of fused-ring (bicyclic) bond motifs is 1. The summed E-state index contributed by atoms with van der Waals surface area (Å²) < 4.78 is 29.2. The lowest BCUT2D eigenvalue weighted by atomic mass is 9.98. The number of nitrogens with one attached hydrogen (secondary N) is 3. The largest absolute Gasteiger partial charge is 0.399 e. The number of likely N-dealkylation sites (tertiary alicyclic amines) is 1. The number of nitrogens with zero attached hydrogens (tertiary/aromatic N) is 1. The lowest BCUT2D eigenvalue weighted by molar-refractivity contribution is -0.122. The van der Waals surface area contributed by atoms with Crippen LogP contribution in [0.1, 0.15) is 18.4 Å². The molecular weight excluding hydrogens is 476 g/mol. The van der Waals surface area contributed by atoms with Crippen LogP contribution < -0.4 is 21.5 Å². The summed E-state index contributed by atoms with van der Waals surface area (Å²) in [5, 5.41) is 12.3. The molecule has 0 aliphatic carbocycles. The van der Waals surface area contributed by atoms with E-state index in [1.54, 1.807) is 41.3 Å². The number of nitrogen functional groups attached to an aromatic ring is 1. The number of piperidine rings is 1. The van der Waals surface area contributed by atoms with E-state index in [2.05, 4.69) is 10.0 Å². The third-order valence-corrected chi connectivity index (χ3v) is 7.93. The summed E-state index contributed by atoms with van der Waals surface area (Å²) >= 11 is 0. The number of sulfonamides is 1. The Bertz CT molecular complexity index is 1360. The fourth-order valence-electron chi connectivity index (χ4n) is 4.55. The van der Waals surface area contributed by atoms with E-state index in [4.69, 9.17) is 16.9 Å². The number of carbonyl (C=O) groups excluding carboxylic acids is 1. The van der Waals surface area contributed by atoms with Crippen LogP contribution in [0.25, 0.3) is 10.8 Å². The van der Waals surface area contributed by atoms with Crippen LogP contribution in [-0.2, 0) is 21.2 Å². The Hall–Kier alpha value is -3.63. The predicted molar refractivity (Wildman–Crippen MR) is 142 cm³/mol. The SMILES string of the molecule is N=C(N)N1CCC[C@@H](CNC(=O)C(Cc2cccc(N)c2)NS(=O)(=O)c2ccc3ccccc3c2)C1. The van der Waals surface area contributed by atoms with Crippen molar-refractivity contribution in [3.05, 3.63) is 72.3 Å². The van der Waals surface area contributed by atoms with Crippen molar-refractivity contribution in [3.8, 4) is 0 Å². The molecule has 7 N–H and O–H groups in total. The highest BCUT2D eigenvalue weighted by atomic mass is 32.2.